The summed E-state index contributed by atoms with van der Waals surface area (Å²) in [6.07, 6.45) is 2.46. The highest BCUT2D eigenvalue weighted by Gasteiger charge is 2.28. The third kappa shape index (κ3) is 3.08. The first-order valence-electron chi connectivity index (χ1n) is 9.96. The number of methoxy groups -OCH3 is 1. The van der Waals surface area contributed by atoms with Crippen LogP contribution in [0.15, 0.2) is 72.9 Å². The summed E-state index contributed by atoms with van der Waals surface area (Å²) in [6, 6.07) is 21.7. The van der Waals surface area contributed by atoms with Gasteiger partial charge in [0.25, 0.3) is 0 Å². The highest BCUT2D eigenvalue weighted by Crippen LogP contribution is 2.42. The Morgan fingerprint density at radius 3 is 2.70 bits per heavy atom. The van der Waals surface area contributed by atoms with Crippen LogP contribution in [0.3, 0.4) is 0 Å². The second-order valence-corrected chi connectivity index (χ2v) is 7.63. The molecule has 150 valence electrons. The van der Waals surface area contributed by atoms with Crippen molar-refractivity contribution in [3.8, 4) is 11.5 Å². The van der Waals surface area contributed by atoms with Crippen LogP contribution in [0, 0.1) is 0 Å². The van der Waals surface area contributed by atoms with Gasteiger partial charge in [0.15, 0.2) is 11.5 Å². The largest absolute Gasteiger partial charge is 0.504 e. The normalized spacial score (nSPS) is 15.6. The molecule has 0 saturated carbocycles. The average Bonchev–Trinajstić information content (AvgIpc) is 3.04. The number of phenolic OH excluding ortho intramolecular Hbond substituents is 1. The van der Waals surface area contributed by atoms with Gasteiger partial charge in [-0.15, -0.1) is 0 Å². The van der Waals surface area contributed by atoms with Crippen molar-refractivity contribution in [1.29, 1.82) is 0 Å². The van der Waals surface area contributed by atoms with Crippen molar-refractivity contribution in [3.63, 3.8) is 0 Å². The van der Waals surface area contributed by atoms with E-state index >= 15 is 0 Å². The van der Waals surface area contributed by atoms with Gasteiger partial charge in [-0.1, -0.05) is 42.5 Å². The van der Waals surface area contributed by atoms with Crippen molar-refractivity contribution < 1.29 is 14.6 Å². The second-order valence-electron chi connectivity index (χ2n) is 7.63. The Hall–Kier alpha value is -3.73. The minimum Gasteiger partial charge on any atom is -0.504 e. The van der Waals surface area contributed by atoms with E-state index in [9.17, 15) is 9.90 Å². The van der Waals surface area contributed by atoms with Crippen LogP contribution in [-0.4, -0.2) is 22.7 Å². The molecule has 0 unspecified atom stereocenters. The number of hydrogen-bond donors (Lipinski definition) is 2. The lowest BCUT2D eigenvalue weighted by Gasteiger charge is -2.16. The number of hydrogen-bond acceptors (Lipinski definition) is 3. The van der Waals surface area contributed by atoms with Crippen LogP contribution < -0.4 is 10.1 Å². The Morgan fingerprint density at radius 1 is 1.10 bits per heavy atom. The van der Waals surface area contributed by atoms with Crippen LogP contribution in [0.25, 0.3) is 10.9 Å². The maximum atomic E-state index is 12.7. The number of carbonyl (C=O) groups is 1. The first kappa shape index (κ1) is 18.3. The molecular formula is C25H22N2O3. The molecule has 0 saturated heterocycles. The molecule has 5 rings (SSSR count). The number of carbonyl (C=O) groups excluding carboxylic acids is 1. The van der Waals surface area contributed by atoms with Crippen molar-refractivity contribution in [3.05, 3.63) is 89.6 Å². The van der Waals surface area contributed by atoms with E-state index in [4.69, 9.17) is 4.74 Å². The summed E-state index contributed by atoms with van der Waals surface area (Å²) in [5.74, 6) is 0.301. The lowest BCUT2D eigenvalue weighted by atomic mass is 9.88. The molecule has 4 aromatic rings. The van der Waals surface area contributed by atoms with Gasteiger partial charge >= 0.3 is 0 Å². The van der Waals surface area contributed by atoms with E-state index in [0.717, 1.165) is 34.3 Å². The number of benzene rings is 3. The molecule has 30 heavy (non-hydrogen) atoms. The monoisotopic (exact) mass is 398 g/mol. The molecule has 0 fully saturated rings. The molecule has 1 aliphatic rings. The lowest BCUT2D eigenvalue weighted by Crippen LogP contribution is -2.14. The van der Waals surface area contributed by atoms with Crippen LogP contribution in [-0.2, 0) is 11.3 Å². The molecule has 1 amide bonds. The number of aromatic hydroxyl groups is 1. The molecule has 2 N–H and O–H groups in total. The van der Waals surface area contributed by atoms with E-state index in [1.807, 2.05) is 36.4 Å². The summed E-state index contributed by atoms with van der Waals surface area (Å²) in [4.78, 5) is 12.7. The molecule has 0 radical (unpaired) electrons. The van der Waals surface area contributed by atoms with E-state index < -0.39 is 0 Å². The maximum absolute atomic E-state index is 12.7. The van der Waals surface area contributed by atoms with Gasteiger partial charge in [0.2, 0.25) is 5.91 Å². The quantitative estimate of drug-likeness (QED) is 0.515. The minimum absolute atomic E-state index is 0.0337. The van der Waals surface area contributed by atoms with Gasteiger partial charge in [0.05, 0.1) is 18.3 Å². The van der Waals surface area contributed by atoms with Gasteiger partial charge in [-0.3, -0.25) is 4.79 Å². The van der Waals surface area contributed by atoms with E-state index in [0.29, 0.717) is 12.2 Å². The Labute approximate surface area is 174 Å². The smallest absolute Gasteiger partial charge is 0.225 e. The maximum Gasteiger partial charge on any atom is 0.225 e. The number of nitrogens with one attached hydrogen (secondary N) is 1. The standard InChI is InChI=1S/C25H22N2O3/c1-30-23-11-10-17(12-22(23)28)18-13-24(29)26-20-8-5-9-21-25(20)19(18)15-27(21)14-16-6-3-2-4-7-16/h2-12,15,18,28H,13-14H2,1H3,(H,26,29)/t18-/m0/s1. The molecule has 1 aliphatic heterocycles. The van der Waals surface area contributed by atoms with Gasteiger partial charge in [0.1, 0.15) is 0 Å². The molecule has 5 nitrogen and oxygen atoms in total. The van der Waals surface area contributed by atoms with Gasteiger partial charge in [0, 0.05) is 30.5 Å². The first-order chi connectivity index (χ1) is 14.6. The summed E-state index contributed by atoms with van der Waals surface area (Å²) in [5.41, 5.74) is 5.10. The predicted molar refractivity (Wildman–Crippen MR) is 117 cm³/mol. The Kier molecular flexibility index (Phi) is 4.43. The van der Waals surface area contributed by atoms with Crippen molar-refractivity contribution in [1.82, 2.24) is 4.57 Å². The number of aromatic nitrogens is 1. The van der Waals surface area contributed by atoms with Crippen LogP contribution in [0.4, 0.5) is 5.69 Å². The number of ether oxygens (including phenoxy) is 1. The molecule has 0 bridgehead atoms. The van der Waals surface area contributed by atoms with Crippen LogP contribution >= 0.6 is 0 Å². The summed E-state index contributed by atoms with van der Waals surface area (Å²) < 4.78 is 7.42. The highest BCUT2D eigenvalue weighted by molar-refractivity contribution is 6.06. The molecule has 0 spiro atoms. The first-order valence-corrected chi connectivity index (χ1v) is 9.96. The van der Waals surface area contributed by atoms with Gasteiger partial charge in [-0.05, 0) is 41.0 Å². The van der Waals surface area contributed by atoms with Crippen molar-refractivity contribution >= 4 is 22.5 Å². The molecule has 2 heterocycles. The molecule has 1 aromatic heterocycles. The zero-order valence-corrected chi connectivity index (χ0v) is 16.6. The Balaban J connectivity index is 1.68. The summed E-state index contributed by atoms with van der Waals surface area (Å²) in [5, 5.41) is 14.4. The number of amides is 1. The minimum atomic E-state index is -0.162. The summed E-state index contributed by atoms with van der Waals surface area (Å²) >= 11 is 0. The zero-order chi connectivity index (χ0) is 20.7. The van der Waals surface area contributed by atoms with Crippen molar-refractivity contribution in [2.75, 3.05) is 12.4 Å². The van der Waals surface area contributed by atoms with E-state index in [2.05, 4.69) is 34.3 Å². The number of nitrogens with zero attached hydrogens (tertiary/aromatic N) is 1. The average molecular weight is 398 g/mol. The third-order valence-electron chi connectivity index (χ3n) is 5.78. The highest BCUT2D eigenvalue weighted by atomic mass is 16.5. The van der Waals surface area contributed by atoms with Gasteiger partial charge < -0.3 is 19.7 Å². The molecule has 1 atom stereocenters. The number of phenols is 1. The Bertz CT molecular complexity index is 1240. The van der Waals surface area contributed by atoms with Gasteiger partial charge in [-0.2, -0.15) is 0 Å². The van der Waals surface area contributed by atoms with Crippen LogP contribution in [0.2, 0.25) is 0 Å². The SMILES string of the molecule is COc1ccc([C@@H]2CC(=O)Nc3cccc4c3c2cn4Cc2ccccc2)cc1O. The van der Waals surface area contributed by atoms with E-state index in [1.165, 1.54) is 12.7 Å². The molecule has 0 aliphatic carbocycles. The third-order valence-corrected chi connectivity index (χ3v) is 5.78. The van der Waals surface area contributed by atoms with E-state index in [1.54, 1.807) is 12.1 Å². The fourth-order valence-electron chi connectivity index (χ4n) is 4.38. The van der Waals surface area contributed by atoms with Crippen LogP contribution in [0.5, 0.6) is 11.5 Å². The number of rotatable bonds is 4. The fraction of sp³-hybridized carbons (Fsp3) is 0.160. The topological polar surface area (TPSA) is 63.5 Å². The molecular weight excluding hydrogens is 376 g/mol. The van der Waals surface area contributed by atoms with E-state index in [-0.39, 0.29) is 17.6 Å². The second kappa shape index (κ2) is 7.26. The summed E-state index contributed by atoms with van der Waals surface area (Å²) in [6.45, 7) is 0.745. The Morgan fingerprint density at radius 2 is 1.93 bits per heavy atom. The van der Waals surface area contributed by atoms with Crippen molar-refractivity contribution in [2.24, 2.45) is 0 Å². The fourth-order valence-corrected chi connectivity index (χ4v) is 4.38. The van der Waals surface area contributed by atoms with Gasteiger partial charge in [-0.25, -0.2) is 0 Å². The zero-order valence-electron chi connectivity index (χ0n) is 16.6. The van der Waals surface area contributed by atoms with Crippen molar-refractivity contribution in [2.45, 2.75) is 18.9 Å². The molecule has 3 aromatic carbocycles. The number of anilines is 1. The summed E-state index contributed by atoms with van der Waals surface area (Å²) in [7, 11) is 1.53. The predicted octanol–water partition coefficient (Wildman–Crippen LogP) is 4.88. The lowest BCUT2D eigenvalue weighted by molar-refractivity contribution is -0.116. The van der Waals surface area contributed by atoms with Crippen LogP contribution in [0.1, 0.15) is 29.0 Å². The molecule has 5 heteroatoms.